The summed E-state index contributed by atoms with van der Waals surface area (Å²) >= 11 is 0. The minimum Gasteiger partial charge on any atom is -0.308 e. The van der Waals surface area contributed by atoms with Gasteiger partial charge in [-0.1, -0.05) is 26.2 Å². The van der Waals surface area contributed by atoms with Crippen LogP contribution in [0.5, 0.6) is 0 Å². The topological polar surface area (TPSA) is 45.8 Å². The Morgan fingerprint density at radius 1 is 1.33 bits per heavy atom. The molecule has 84 valence electrons. The van der Waals surface area contributed by atoms with E-state index in [4.69, 9.17) is 0 Å². The van der Waals surface area contributed by atoms with Crippen LogP contribution in [-0.2, 0) is 6.42 Å². The van der Waals surface area contributed by atoms with Crippen LogP contribution in [0.4, 0.5) is 4.39 Å². The zero-order chi connectivity index (χ0) is 11.3. The van der Waals surface area contributed by atoms with Crippen LogP contribution >= 0.6 is 0 Å². The summed E-state index contributed by atoms with van der Waals surface area (Å²) < 4.78 is 13.3. The molecule has 0 aliphatic heterocycles. The van der Waals surface area contributed by atoms with E-state index in [0.717, 1.165) is 25.7 Å². The molecule has 0 unspecified atom stereocenters. The molecule has 0 spiro atoms. The van der Waals surface area contributed by atoms with Gasteiger partial charge in [-0.3, -0.25) is 4.79 Å². The van der Waals surface area contributed by atoms with Crippen molar-refractivity contribution in [3.63, 3.8) is 0 Å². The predicted molar refractivity (Wildman–Crippen MR) is 57.4 cm³/mol. The first kappa shape index (κ1) is 11.9. The molecule has 15 heavy (non-hydrogen) atoms. The van der Waals surface area contributed by atoms with E-state index in [-0.39, 0.29) is 0 Å². The number of halogens is 1. The van der Waals surface area contributed by atoms with Crippen molar-refractivity contribution < 1.29 is 4.39 Å². The fourth-order valence-corrected chi connectivity index (χ4v) is 1.51. The third-order valence-corrected chi connectivity index (χ3v) is 2.32. The lowest BCUT2D eigenvalue weighted by atomic mass is 10.1. The summed E-state index contributed by atoms with van der Waals surface area (Å²) in [5, 5.41) is 0. The molecule has 0 saturated carbocycles. The van der Waals surface area contributed by atoms with Crippen molar-refractivity contribution in [2.24, 2.45) is 0 Å². The third kappa shape index (κ3) is 3.46. The Morgan fingerprint density at radius 3 is 2.73 bits per heavy atom. The Balaban J connectivity index is 2.64. The molecular weight excluding hydrogens is 195 g/mol. The van der Waals surface area contributed by atoms with Crippen LogP contribution in [0.25, 0.3) is 0 Å². The van der Waals surface area contributed by atoms with E-state index in [1.54, 1.807) is 6.92 Å². The van der Waals surface area contributed by atoms with E-state index in [2.05, 4.69) is 16.9 Å². The molecule has 4 heteroatoms. The summed E-state index contributed by atoms with van der Waals surface area (Å²) in [5.41, 5.74) is -0.361. The summed E-state index contributed by atoms with van der Waals surface area (Å²) in [6, 6.07) is 0. The van der Waals surface area contributed by atoms with Crippen molar-refractivity contribution in [1.82, 2.24) is 9.97 Å². The SMILES string of the molecule is CCCCCCc1nc(C)[nH]c(=O)c1F. The summed E-state index contributed by atoms with van der Waals surface area (Å²) in [5.74, 6) is -0.246. The zero-order valence-corrected chi connectivity index (χ0v) is 9.27. The highest BCUT2D eigenvalue weighted by Crippen LogP contribution is 2.07. The fourth-order valence-electron chi connectivity index (χ4n) is 1.51. The molecule has 1 aromatic rings. The molecule has 0 fully saturated rings. The number of nitrogens with one attached hydrogen (secondary N) is 1. The maximum atomic E-state index is 13.3. The van der Waals surface area contributed by atoms with Gasteiger partial charge < -0.3 is 4.98 Å². The smallest absolute Gasteiger partial charge is 0.287 e. The monoisotopic (exact) mass is 212 g/mol. The van der Waals surface area contributed by atoms with E-state index < -0.39 is 11.4 Å². The Kier molecular flexibility index (Phi) is 4.46. The molecule has 0 atom stereocenters. The van der Waals surface area contributed by atoms with E-state index in [9.17, 15) is 9.18 Å². The van der Waals surface area contributed by atoms with Crippen LogP contribution in [0.1, 0.15) is 44.1 Å². The second kappa shape index (κ2) is 5.63. The summed E-state index contributed by atoms with van der Waals surface area (Å²) in [6.45, 7) is 3.78. The zero-order valence-electron chi connectivity index (χ0n) is 9.27. The second-order valence-electron chi connectivity index (χ2n) is 3.72. The van der Waals surface area contributed by atoms with Gasteiger partial charge in [-0.25, -0.2) is 4.98 Å². The molecule has 0 aliphatic carbocycles. The summed E-state index contributed by atoms with van der Waals surface area (Å²) in [7, 11) is 0. The lowest BCUT2D eigenvalue weighted by molar-refractivity contribution is 0.560. The summed E-state index contributed by atoms with van der Waals surface area (Å²) in [6.07, 6.45) is 4.79. The van der Waals surface area contributed by atoms with Crippen LogP contribution < -0.4 is 5.56 Å². The number of hydrogen-bond donors (Lipinski definition) is 1. The van der Waals surface area contributed by atoms with Crippen LogP contribution in [0.15, 0.2) is 4.79 Å². The molecule has 0 bridgehead atoms. The van der Waals surface area contributed by atoms with Gasteiger partial charge in [0, 0.05) is 0 Å². The highest BCUT2D eigenvalue weighted by atomic mass is 19.1. The Bertz CT molecular complexity index is 373. The molecule has 0 aromatic carbocycles. The van der Waals surface area contributed by atoms with Gasteiger partial charge >= 0.3 is 0 Å². The Labute approximate surface area is 88.8 Å². The number of unbranched alkanes of at least 4 members (excludes halogenated alkanes) is 3. The molecule has 0 aliphatic rings. The molecule has 1 heterocycles. The number of aromatic nitrogens is 2. The molecular formula is C11H17FN2O. The molecule has 1 aromatic heterocycles. The predicted octanol–water partition coefficient (Wildman–Crippen LogP) is 2.34. The van der Waals surface area contributed by atoms with Gasteiger partial charge in [0.1, 0.15) is 5.82 Å². The highest BCUT2D eigenvalue weighted by molar-refractivity contribution is 5.05. The summed E-state index contributed by atoms with van der Waals surface area (Å²) in [4.78, 5) is 17.4. The number of rotatable bonds is 5. The maximum absolute atomic E-state index is 13.3. The second-order valence-corrected chi connectivity index (χ2v) is 3.72. The van der Waals surface area contributed by atoms with Gasteiger partial charge in [0.2, 0.25) is 5.82 Å². The number of hydrogen-bond acceptors (Lipinski definition) is 2. The average Bonchev–Trinajstić information content (AvgIpc) is 2.19. The van der Waals surface area contributed by atoms with Crippen molar-refractivity contribution in [2.75, 3.05) is 0 Å². The van der Waals surface area contributed by atoms with Gasteiger partial charge in [0.15, 0.2) is 0 Å². The number of aryl methyl sites for hydroxylation is 2. The minimum absolute atomic E-state index is 0.298. The van der Waals surface area contributed by atoms with Crippen LogP contribution in [0.3, 0.4) is 0 Å². The molecule has 0 radical (unpaired) electrons. The van der Waals surface area contributed by atoms with E-state index >= 15 is 0 Å². The Morgan fingerprint density at radius 2 is 2.07 bits per heavy atom. The van der Waals surface area contributed by atoms with Crippen molar-refractivity contribution in [3.8, 4) is 0 Å². The quantitative estimate of drug-likeness (QED) is 0.761. The first-order valence-electron chi connectivity index (χ1n) is 5.40. The van der Waals surface area contributed by atoms with Crippen LogP contribution in [0, 0.1) is 12.7 Å². The van der Waals surface area contributed by atoms with Crippen LogP contribution in [-0.4, -0.2) is 9.97 Å². The number of nitrogens with zero attached hydrogens (tertiary/aromatic N) is 1. The molecule has 0 amide bonds. The lowest BCUT2D eigenvalue weighted by Gasteiger charge is -2.02. The number of aromatic amines is 1. The van der Waals surface area contributed by atoms with Crippen molar-refractivity contribution >= 4 is 0 Å². The van der Waals surface area contributed by atoms with Crippen LogP contribution in [0.2, 0.25) is 0 Å². The largest absolute Gasteiger partial charge is 0.308 e. The number of H-pyrrole nitrogens is 1. The van der Waals surface area contributed by atoms with Gasteiger partial charge in [-0.2, -0.15) is 4.39 Å². The van der Waals surface area contributed by atoms with Gasteiger partial charge in [0.25, 0.3) is 5.56 Å². The minimum atomic E-state index is -0.725. The van der Waals surface area contributed by atoms with Gasteiger partial charge in [0.05, 0.1) is 5.69 Å². The first-order valence-corrected chi connectivity index (χ1v) is 5.40. The fraction of sp³-hybridized carbons (Fsp3) is 0.636. The van der Waals surface area contributed by atoms with E-state index in [1.165, 1.54) is 0 Å². The Hall–Kier alpha value is -1.19. The maximum Gasteiger partial charge on any atom is 0.287 e. The van der Waals surface area contributed by atoms with Crippen molar-refractivity contribution in [3.05, 3.63) is 27.7 Å². The highest BCUT2D eigenvalue weighted by Gasteiger charge is 2.08. The van der Waals surface area contributed by atoms with Crippen molar-refractivity contribution in [2.45, 2.75) is 46.0 Å². The molecule has 1 N–H and O–H groups in total. The van der Waals surface area contributed by atoms with Crippen molar-refractivity contribution in [1.29, 1.82) is 0 Å². The van der Waals surface area contributed by atoms with Gasteiger partial charge in [-0.05, 0) is 19.8 Å². The van der Waals surface area contributed by atoms with E-state index in [0.29, 0.717) is 17.9 Å². The standard InChI is InChI=1S/C11H17FN2O/c1-3-4-5-6-7-9-10(12)11(15)14-8(2)13-9/h3-7H2,1-2H3,(H,13,14,15). The average molecular weight is 212 g/mol. The molecule has 1 rings (SSSR count). The lowest BCUT2D eigenvalue weighted by Crippen LogP contribution is -2.17. The third-order valence-electron chi connectivity index (χ3n) is 2.32. The molecule has 0 saturated heterocycles. The first-order chi connectivity index (χ1) is 7.15. The molecule has 3 nitrogen and oxygen atoms in total. The van der Waals surface area contributed by atoms with E-state index in [1.807, 2.05) is 0 Å². The normalized spacial score (nSPS) is 10.6. The van der Waals surface area contributed by atoms with Gasteiger partial charge in [-0.15, -0.1) is 0 Å².